The summed E-state index contributed by atoms with van der Waals surface area (Å²) in [6.07, 6.45) is 4.30. The normalized spacial score (nSPS) is 11.2. The topological polar surface area (TPSA) is 119 Å². The lowest BCUT2D eigenvalue weighted by Crippen LogP contribution is -1.95. The van der Waals surface area contributed by atoms with E-state index in [0.29, 0.717) is 22.5 Å². The van der Waals surface area contributed by atoms with Crippen LogP contribution in [0.4, 0.5) is 5.82 Å². The second-order valence-corrected chi connectivity index (χ2v) is 3.94. The van der Waals surface area contributed by atoms with Gasteiger partial charge in [-0.2, -0.15) is 5.10 Å². The minimum atomic E-state index is -0.0649. The molecule has 0 saturated heterocycles. The number of rotatable bonds is 3. The van der Waals surface area contributed by atoms with Gasteiger partial charge in [-0.3, -0.25) is 5.43 Å². The highest BCUT2D eigenvalue weighted by atomic mass is 16.3. The van der Waals surface area contributed by atoms with Gasteiger partial charge in [-0.25, -0.2) is 15.0 Å². The lowest BCUT2D eigenvalue weighted by Gasteiger charge is -2.01. The second-order valence-electron chi connectivity index (χ2n) is 3.94. The number of imidazole rings is 1. The molecule has 1 aromatic carbocycles. The number of H-pyrrole nitrogens is 1. The molecule has 0 amide bonds. The molecule has 0 unspecified atom stereocenters. The molecule has 8 nitrogen and oxygen atoms in total. The van der Waals surface area contributed by atoms with E-state index < -0.39 is 0 Å². The van der Waals surface area contributed by atoms with Crippen molar-refractivity contribution < 1.29 is 10.2 Å². The van der Waals surface area contributed by atoms with Crippen molar-refractivity contribution in [2.75, 3.05) is 5.43 Å². The Morgan fingerprint density at radius 1 is 1.20 bits per heavy atom. The van der Waals surface area contributed by atoms with E-state index in [4.69, 9.17) is 0 Å². The lowest BCUT2D eigenvalue weighted by molar-refractivity contribution is 0.450. The number of hydrogen-bond acceptors (Lipinski definition) is 7. The van der Waals surface area contributed by atoms with Gasteiger partial charge >= 0.3 is 0 Å². The van der Waals surface area contributed by atoms with E-state index in [9.17, 15) is 10.2 Å². The van der Waals surface area contributed by atoms with E-state index in [-0.39, 0.29) is 11.5 Å². The number of aromatic amines is 1. The number of hydrogen-bond donors (Lipinski definition) is 4. The van der Waals surface area contributed by atoms with Crippen molar-refractivity contribution in [3.05, 3.63) is 36.4 Å². The monoisotopic (exact) mass is 270 g/mol. The SMILES string of the molecule is Oc1ccc(/C=N\Nc2ncnc3nc[nH]c23)c(O)c1. The Balaban J connectivity index is 1.82. The predicted octanol–water partition coefficient (Wildman–Crippen LogP) is 1.21. The molecule has 4 N–H and O–H groups in total. The Morgan fingerprint density at radius 3 is 2.95 bits per heavy atom. The fourth-order valence-electron chi connectivity index (χ4n) is 1.65. The first-order valence-corrected chi connectivity index (χ1v) is 5.69. The summed E-state index contributed by atoms with van der Waals surface area (Å²) < 4.78 is 0. The van der Waals surface area contributed by atoms with Crippen LogP contribution in [0.1, 0.15) is 5.56 Å². The van der Waals surface area contributed by atoms with Crippen LogP contribution in [-0.4, -0.2) is 36.4 Å². The highest BCUT2D eigenvalue weighted by Crippen LogP contribution is 2.21. The molecular weight excluding hydrogens is 260 g/mol. The zero-order valence-electron chi connectivity index (χ0n) is 10.1. The highest BCUT2D eigenvalue weighted by molar-refractivity contribution is 5.86. The number of phenolic OH excluding ortho intramolecular Hbond substituents is 2. The first-order valence-electron chi connectivity index (χ1n) is 5.69. The second kappa shape index (κ2) is 4.84. The van der Waals surface area contributed by atoms with Gasteiger partial charge in [-0.05, 0) is 12.1 Å². The van der Waals surface area contributed by atoms with E-state index in [0.717, 1.165) is 0 Å². The van der Waals surface area contributed by atoms with Crippen molar-refractivity contribution in [1.82, 2.24) is 19.9 Å². The smallest absolute Gasteiger partial charge is 0.182 e. The van der Waals surface area contributed by atoms with E-state index >= 15 is 0 Å². The number of benzene rings is 1. The molecular formula is C12H10N6O2. The number of nitrogens with zero attached hydrogens (tertiary/aromatic N) is 4. The van der Waals surface area contributed by atoms with E-state index in [1.54, 1.807) is 6.07 Å². The number of hydrazone groups is 1. The van der Waals surface area contributed by atoms with Crippen LogP contribution in [0.5, 0.6) is 11.5 Å². The third-order valence-corrected chi connectivity index (χ3v) is 2.61. The maximum atomic E-state index is 9.61. The molecule has 0 atom stereocenters. The largest absolute Gasteiger partial charge is 0.508 e. The van der Waals surface area contributed by atoms with Crippen LogP contribution in [0.2, 0.25) is 0 Å². The van der Waals surface area contributed by atoms with Crippen molar-refractivity contribution in [3.63, 3.8) is 0 Å². The quantitative estimate of drug-likeness (QED) is 0.419. The number of aromatic hydroxyl groups is 2. The average Bonchev–Trinajstić information content (AvgIpc) is 2.90. The minimum Gasteiger partial charge on any atom is -0.508 e. The zero-order chi connectivity index (χ0) is 13.9. The standard InChI is InChI=1S/C12H10N6O2/c19-8-2-1-7(9(20)3-8)4-17-18-12-10-11(14-5-13-10)15-6-16-12/h1-6,19-20H,(H2,13,14,15,16,18)/b17-4-. The summed E-state index contributed by atoms with van der Waals surface area (Å²) in [5.41, 5.74) is 4.37. The molecule has 0 spiro atoms. The van der Waals surface area contributed by atoms with Gasteiger partial charge in [0.2, 0.25) is 0 Å². The molecule has 0 fully saturated rings. The summed E-state index contributed by atoms with van der Waals surface area (Å²) in [6.45, 7) is 0. The number of fused-ring (bicyclic) bond motifs is 1. The number of anilines is 1. The molecule has 0 bridgehead atoms. The minimum absolute atomic E-state index is 0.0115. The van der Waals surface area contributed by atoms with Gasteiger partial charge in [0, 0.05) is 11.6 Å². The van der Waals surface area contributed by atoms with E-state index in [1.165, 1.54) is 31.0 Å². The Labute approximate surface area is 112 Å². The molecule has 0 aliphatic carbocycles. The Morgan fingerprint density at radius 2 is 2.10 bits per heavy atom. The molecule has 0 saturated carbocycles. The molecule has 0 aliphatic heterocycles. The van der Waals surface area contributed by atoms with Gasteiger partial charge in [0.15, 0.2) is 11.5 Å². The van der Waals surface area contributed by atoms with Crippen molar-refractivity contribution in [3.8, 4) is 11.5 Å². The van der Waals surface area contributed by atoms with Crippen LogP contribution in [0, 0.1) is 0 Å². The summed E-state index contributed by atoms with van der Waals surface area (Å²) in [6, 6.07) is 4.24. The van der Waals surface area contributed by atoms with Gasteiger partial charge < -0.3 is 15.2 Å². The summed E-state index contributed by atoms with van der Waals surface area (Å²) in [7, 11) is 0. The molecule has 8 heteroatoms. The molecule has 3 aromatic rings. The van der Waals surface area contributed by atoms with Crippen LogP contribution in [0.3, 0.4) is 0 Å². The maximum Gasteiger partial charge on any atom is 0.182 e. The number of aromatic nitrogens is 4. The van der Waals surface area contributed by atoms with Gasteiger partial charge in [-0.15, -0.1) is 0 Å². The number of phenols is 2. The van der Waals surface area contributed by atoms with Gasteiger partial charge in [0.05, 0.1) is 12.5 Å². The first-order chi connectivity index (χ1) is 9.74. The summed E-state index contributed by atoms with van der Waals surface area (Å²) >= 11 is 0. The van der Waals surface area contributed by atoms with Crippen LogP contribution >= 0.6 is 0 Å². The zero-order valence-corrected chi connectivity index (χ0v) is 10.1. The fraction of sp³-hybridized carbons (Fsp3) is 0. The predicted molar refractivity (Wildman–Crippen MR) is 72.7 cm³/mol. The number of nitrogens with one attached hydrogen (secondary N) is 2. The van der Waals surface area contributed by atoms with E-state index in [2.05, 4.69) is 30.5 Å². The van der Waals surface area contributed by atoms with Crippen molar-refractivity contribution in [1.29, 1.82) is 0 Å². The van der Waals surface area contributed by atoms with Gasteiger partial charge in [0.25, 0.3) is 0 Å². The summed E-state index contributed by atoms with van der Waals surface area (Å²) in [5.74, 6) is 0.398. The molecule has 0 aliphatic rings. The first kappa shape index (κ1) is 11.9. The molecule has 20 heavy (non-hydrogen) atoms. The highest BCUT2D eigenvalue weighted by Gasteiger charge is 2.04. The van der Waals surface area contributed by atoms with Crippen LogP contribution < -0.4 is 5.43 Å². The van der Waals surface area contributed by atoms with E-state index in [1.807, 2.05) is 0 Å². The Bertz CT molecular complexity index is 782. The molecule has 3 rings (SSSR count). The molecule has 0 radical (unpaired) electrons. The van der Waals surface area contributed by atoms with Crippen molar-refractivity contribution in [2.24, 2.45) is 5.10 Å². The molecule has 2 heterocycles. The van der Waals surface area contributed by atoms with Gasteiger partial charge in [0.1, 0.15) is 23.3 Å². The fourth-order valence-corrected chi connectivity index (χ4v) is 1.65. The molecule has 2 aromatic heterocycles. The van der Waals surface area contributed by atoms with Crippen LogP contribution in [0.15, 0.2) is 36.0 Å². The lowest BCUT2D eigenvalue weighted by atomic mass is 10.2. The summed E-state index contributed by atoms with van der Waals surface area (Å²) in [5, 5.41) is 22.8. The maximum absolute atomic E-state index is 9.61. The Hall–Kier alpha value is -3.16. The van der Waals surface area contributed by atoms with Crippen LogP contribution in [0.25, 0.3) is 11.2 Å². The van der Waals surface area contributed by atoms with Crippen LogP contribution in [-0.2, 0) is 0 Å². The third-order valence-electron chi connectivity index (χ3n) is 2.61. The third kappa shape index (κ3) is 2.21. The van der Waals surface area contributed by atoms with Crippen molar-refractivity contribution in [2.45, 2.75) is 0 Å². The summed E-state index contributed by atoms with van der Waals surface area (Å²) in [4.78, 5) is 14.9. The average molecular weight is 270 g/mol. The van der Waals surface area contributed by atoms with Gasteiger partial charge in [-0.1, -0.05) is 0 Å². The Kier molecular flexibility index (Phi) is 2.88. The molecule has 100 valence electrons. The van der Waals surface area contributed by atoms with Crippen molar-refractivity contribution >= 4 is 23.2 Å².